The van der Waals surface area contributed by atoms with Crippen LogP contribution < -0.4 is 5.32 Å². The van der Waals surface area contributed by atoms with Crippen molar-refractivity contribution in [1.29, 1.82) is 0 Å². The Morgan fingerprint density at radius 1 is 1.27 bits per heavy atom. The summed E-state index contributed by atoms with van der Waals surface area (Å²) in [5.41, 5.74) is 0.867. The van der Waals surface area contributed by atoms with E-state index in [1.54, 1.807) is 49.7 Å². The summed E-state index contributed by atoms with van der Waals surface area (Å²) in [4.78, 5) is 23.2. The van der Waals surface area contributed by atoms with E-state index in [1.807, 2.05) is 0 Å². The summed E-state index contributed by atoms with van der Waals surface area (Å²) in [6, 6.07) is 9.98. The Balaban J connectivity index is 2.32. The van der Waals surface area contributed by atoms with E-state index in [0.29, 0.717) is 22.0 Å². The van der Waals surface area contributed by atoms with Crippen molar-refractivity contribution in [3.05, 3.63) is 52.6 Å². The van der Waals surface area contributed by atoms with E-state index < -0.39 is 5.97 Å². The molecule has 0 spiro atoms. The number of hydrogen-bond acceptors (Lipinski definition) is 4. The molecule has 1 aromatic carbocycles. The number of thioether (sulfide) groups is 1. The molecule has 0 atom stereocenters. The zero-order valence-electron chi connectivity index (χ0n) is 12.1. The molecule has 2 aromatic rings. The quantitative estimate of drug-likeness (QED) is 0.828. The maximum absolute atomic E-state index is 11.6. The third kappa shape index (κ3) is 3.59. The van der Waals surface area contributed by atoms with Gasteiger partial charge >= 0.3 is 5.97 Å². The average molecular weight is 317 g/mol. The first-order valence-corrected chi connectivity index (χ1v) is 7.69. The van der Waals surface area contributed by atoms with Crippen LogP contribution in [-0.4, -0.2) is 30.3 Å². The number of rotatable bonds is 5. The van der Waals surface area contributed by atoms with Crippen molar-refractivity contribution in [2.45, 2.75) is 0 Å². The molecule has 0 unspecified atom stereocenters. The number of aromatic carboxylic acids is 1. The van der Waals surface area contributed by atoms with E-state index in [4.69, 9.17) is 9.52 Å². The zero-order valence-corrected chi connectivity index (χ0v) is 12.9. The Kier molecular flexibility index (Phi) is 5.06. The molecule has 1 amide bonds. The lowest BCUT2D eigenvalue weighted by atomic mass is 10.1. The lowest BCUT2D eigenvalue weighted by molar-refractivity contribution is -0.116. The van der Waals surface area contributed by atoms with Gasteiger partial charge in [0, 0.05) is 12.6 Å². The van der Waals surface area contributed by atoms with Crippen molar-refractivity contribution in [1.82, 2.24) is 5.32 Å². The molecule has 2 N–H and O–H groups in total. The van der Waals surface area contributed by atoms with Crippen molar-refractivity contribution < 1.29 is 19.1 Å². The summed E-state index contributed by atoms with van der Waals surface area (Å²) in [6.07, 6.45) is 3.45. The first kappa shape index (κ1) is 15.9. The highest BCUT2D eigenvalue weighted by molar-refractivity contribution is 8.03. The van der Waals surface area contributed by atoms with Gasteiger partial charge in [-0.3, -0.25) is 4.79 Å². The molecule has 1 aromatic heterocycles. The van der Waals surface area contributed by atoms with E-state index in [2.05, 4.69) is 5.32 Å². The summed E-state index contributed by atoms with van der Waals surface area (Å²) in [5, 5.41) is 11.6. The predicted molar refractivity (Wildman–Crippen MR) is 86.7 cm³/mol. The fourth-order valence-electron chi connectivity index (χ4n) is 1.86. The highest BCUT2D eigenvalue weighted by Crippen LogP contribution is 2.25. The van der Waals surface area contributed by atoms with Gasteiger partial charge in [0.1, 0.15) is 11.5 Å². The number of nitrogens with one attached hydrogen (secondary N) is 1. The standard InChI is InChI=1S/C16H15NO4S/c1-17-15(18)14(22-2)9-12-6-7-13(21-12)10-4-3-5-11(8-10)16(19)20/h3-9H,1-2H3,(H,17,18)(H,19,20). The van der Waals surface area contributed by atoms with Gasteiger partial charge < -0.3 is 14.8 Å². The molecule has 22 heavy (non-hydrogen) atoms. The maximum atomic E-state index is 11.6. The van der Waals surface area contributed by atoms with Gasteiger partial charge in [0.15, 0.2) is 0 Å². The van der Waals surface area contributed by atoms with Crippen LogP contribution in [0.2, 0.25) is 0 Å². The van der Waals surface area contributed by atoms with E-state index >= 15 is 0 Å². The van der Waals surface area contributed by atoms with Crippen LogP contribution in [0.25, 0.3) is 17.4 Å². The number of carbonyl (C=O) groups is 2. The molecular formula is C16H15NO4S. The van der Waals surface area contributed by atoms with E-state index in [-0.39, 0.29) is 11.5 Å². The molecule has 0 bridgehead atoms. The van der Waals surface area contributed by atoms with Crippen LogP contribution in [0.3, 0.4) is 0 Å². The van der Waals surface area contributed by atoms with Crippen LogP contribution in [0.15, 0.2) is 45.7 Å². The first-order chi connectivity index (χ1) is 10.5. The summed E-state index contributed by atoms with van der Waals surface area (Å²) < 4.78 is 5.67. The molecule has 0 aliphatic rings. The average Bonchev–Trinajstić information content (AvgIpc) is 3.00. The Labute approximate surface area is 132 Å². The number of benzene rings is 1. The second-order valence-corrected chi connectivity index (χ2v) is 5.23. The summed E-state index contributed by atoms with van der Waals surface area (Å²) in [6.45, 7) is 0. The van der Waals surface area contributed by atoms with Gasteiger partial charge in [0.2, 0.25) is 0 Å². The van der Waals surface area contributed by atoms with Gasteiger partial charge in [-0.25, -0.2) is 4.79 Å². The van der Waals surface area contributed by atoms with Gasteiger partial charge in [-0.15, -0.1) is 11.8 Å². The molecule has 0 aliphatic heterocycles. The van der Waals surface area contributed by atoms with Crippen LogP contribution in [-0.2, 0) is 4.79 Å². The summed E-state index contributed by atoms with van der Waals surface area (Å²) >= 11 is 1.32. The monoisotopic (exact) mass is 317 g/mol. The minimum absolute atomic E-state index is 0.182. The Morgan fingerprint density at radius 2 is 2.05 bits per heavy atom. The molecule has 0 fully saturated rings. The second kappa shape index (κ2) is 7.00. The maximum Gasteiger partial charge on any atom is 0.335 e. The Hall–Kier alpha value is -2.47. The number of carbonyl (C=O) groups excluding carboxylic acids is 1. The molecule has 0 saturated carbocycles. The molecule has 1 heterocycles. The first-order valence-electron chi connectivity index (χ1n) is 6.46. The van der Waals surface area contributed by atoms with Gasteiger partial charge in [-0.1, -0.05) is 12.1 Å². The Morgan fingerprint density at radius 3 is 2.68 bits per heavy atom. The van der Waals surface area contributed by atoms with Crippen LogP contribution in [0.4, 0.5) is 0 Å². The number of likely N-dealkylation sites (N-methyl/N-ethyl adjacent to an activating group) is 1. The van der Waals surface area contributed by atoms with Crippen molar-refractivity contribution in [2.75, 3.05) is 13.3 Å². The highest BCUT2D eigenvalue weighted by atomic mass is 32.2. The fourth-order valence-corrected chi connectivity index (χ4v) is 2.38. The lowest BCUT2D eigenvalue weighted by Gasteiger charge is -2.01. The molecule has 6 heteroatoms. The molecular weight excluding hydrogens is 302 g/mol. The smallest absolute Gasteiger partial charge is 0.335 e. The SMILES string of the molecule is CNC(=O)C(=Cc1ccc(-c2cccc(C(=O)O)c2)o1)SC. The third-order valence-electron chi connectivity index (χ3n) is 2.96. The van der Waals surface area contributed by atoms with Crippen LogP contribution in [0.1, 0.15) is 16.1 Å². The third-order valence-corrected chi connectivity index (χ3v) is 3.71. The molecule has 2 rings (SSSR count). The van der Waals surface area contributed by atoms with Crippen molar-refractivity contribution in [2.24, 2.45) is 0 Å². The van der Waals surface area contributed by atoms with Gasteiger partial charge in [0.25, 0.3) is 5.91 Å². The number of carboxylic acid groups (broad SMARTS) is 1. The zero-order chi connectivity index (χ0) is 16.1. The van der Waals surface area contributed by atoms with Crippen LogP contribution in [0, 0.1) is 0 Å². The van der Waals surface area contributed by atoms with Crippen molar-refractivity contribution in [3.8, 4) is 11.3 Å². The van der Waals surface area contributed by atoms with Crippen molar-refractivity contribution in [3.63, 3.8) is 0 Å². The van der Waals surface area contributed by atoms with E-state index in [1.165, 1.54) is 17.8 Å². The number of amides is 1. The summed E-state index contributed by atoms with van der Waals surface area (Å²) in [7, 11) is 1.57. The van der Waals surface area contributed by atoms with Gasteiger partial charge in [0.05, 0.1) is 10.5 Å². The molecule has 0 radical (unpaired) electrons. The van der Waals surface area contributed by atoms with Crippen LogP contribution >= 0.6 is 11.8 Å². The van der Waals surface area contributed by atoms with E-state index in [0.717, 1.165) is 0 Å². The minimum Gasteiger partial charge on any atom is -0.478 e. The van der Waals surface area contributed by atoms with E-state index in [9.17, 15) is 9.59 Å². The molecule has 0 saturated heterocycles. The minimum atomic E-state index is -0.988. The fraction of sp³-hybridized carbons (Fsp3) is 0.125. The number of hydrogen-bond donors (Lipinski definition) is 2. The Bertz CT molecular complexity index is 733. The molecule has 114 valence electrons. The summed E-state index contributed by atoms with van der Waals surface area (Å²) in [5.74, 6) is -0.0912. The topological polar surface area (TPSA) is 79.5 Å². The van der Waals surface area contributed by atoms with Gasteiger partial charge in [-0.2, -0.15) is 0 Å². The van der Waals surface area contributed by atoms with Gasteiger partial charge in [-0.05, 0) is 36.6 Å². The molecule has 0 aliphatic carbocycles. The predicted octanol–water partition coefficient (Wildman–Crippen LogP) is 3.09. The van der Waals surface area contributed by atoms with Crippen LogP contribution in [0.5, 0.6) is 0 Å². The lowest BCUT2D eigenvalue weighted by Crippen LogP contribution is -2.18. The number of furan rings is 1. The van der Waals surface area contributed by atoms with Crippen molar-refractivity contribution >= 4 is 29.7 Å². The largest absolute Gasteiger partial charge is 0.478 e. The second-order valence-electron chi connectivity index (χ2n) is 4.38. The molecule has 5 nitrogen and oxygen atoms in total. The highest BCUT2D eigenvalue weighted by Gasteiger charge is 2.10. The number of carboxylic acids is 1. The normalized spacial score (nSPS) is 11.3.